The quantitative estimate of drug-likeness (QED) is 0.704. The van der Waals surface area contributed by atoms with E-state index < -0.39 is 18.5 Å². The molecule has 0 aliphatic carbocycles. The number of rotatable bonds is 3. The molecule has 0 amide bonds. The lowest BCUT2D eigenvalue weighted by atomic mass is 10.1. The molecular formula is C10H8F3NO. The van der Waals surface area contributed by atoms with Crippen molar-refractivity contribution < 1.29 is 17.9 Å². The van der Waals surface area contributed by atoms with Gasteiger partial charge in [-0.05, 0) is 12.1 Å². The van der Waals surface area contributed by atoms with E-state index in [1.165, 1.54) is 19.1 Å². The minimum absolute atomic E-state index is 0.173. The van der Waals surface area contributed by atoms with E-state index in [0.717, 1.165) is 6.07 Å². The summed E-state index contributed by atoms with van der Waals surface area (Å²) in [5.74, 6) is -0.958. The van der Waals surface area contributed by atoms with E-state index >= 15 is 0 Å². The molecule has 0 aliphatic rings. The molecule has 1 aromatic rings. The van der Waals surface area contributed by atoms with E-state index in [4.69, 9.17) is 6.57 Å². The molecule has 5 heteroatoms. The summed E-state index contributed by atoms with van der Waals surface area (Å²) in [6, 6.07) is 2.70. The van der Waals surface area contributed by atoms with Crippen LogP contribution in [0.2, 0.25) is 0 Å². The molecule has 1 atom stereocenters. The Balaban J connectivity index is 2.94. The predicted octanol–water partition coefficient (Wildman–Crippen LogP) is 3.41. The monoisotopic (exact) mass is 215 g/mol. The zero-order valence-corrected chi connectivity index (χ0v) is 7.88. The van der Waals surface area contributed by atoms with Crippen LogP contribution in [0, 0.1) is 12.4 Å². The Labute approximate surface area is 85.1 Å². The van der Waals surface area contributed by atoms with E-state index in [2.05, 4.69) is 9.58 Å². The highest BCUT2D eigenvalue weighted by atomic mass is 19.3. The fourth-order valence-electron chi connectivity index (χ4n) is 1.09. The average Bonchev–Trinajstić information content (AvgIpc) is 2.16. The predicted molar refractivity (Wildman–Crippen MR) is 48.0 cm³/mol. The number of nitrogens with zero attached hydrogens (tertiary/aromatic N) is 1. The largest absolute Gasteiger partial charge is 0.435 e. The number of hydrogen-bond acceptors (Lipinski definition) is 1. The minimum Gasteiger partial charge on any atom is -0.435 e. The molecule has 0 bridgehead atoms. The van der Waals surface area contributed by atoms with Gasteiger partial charge in [-0.25, -0.2) is 11.0 Å². The first-order chi connectivity index (χ1) is 7.04. The van der Waals surface area contributed by atoms with Crippen molar-refractivity contribution in [1.29, 1.82) is 0 Å². The van der Waals surface area contributed by atoms with E-state index in [1.54, 1.807) is 0 Å². The van der Waals surface area contributed by atoms with Crippen LogP contribution in [0.4, 0.5) is 13.2 Å². The molecule has 1 rings (SSSR count). The first-order valence-electron chi connectivity index (χ1n) is 4.15. The fraction of sp³-hybridized carbons (Fsp3) is 0.300. The highest BCUT2D eigenvalue weighted by molar-refractivity contribution is 5.31. The number of hydrogen-bond donors (Lipinski definition) is 0. The molecule has 1 unspecified atom stereocenters. The van der Waals surface area contributed by atoms with Gasteiger partial charge in [-0.15, -0.1) is 0 Å². The van der Waals surface area contributed by atoms with Gasteiger partial charge < -0.3 is 9.58 Å². The summed E-state index contributed by atoms with van der Waals surface area (Å²) in [6.07, 6.45) is 0. The van der Waals surface area contributed by atoms with E-state index in [9.17, 15) is 13.2 Å². The Bertz CT molecular complexity index is 387. The van der Waals surface area contributed by atoms with Gasteiger partial charge in [0.25, 0.3) is 0 Å². The van der Waals surface area contributed by atoms with Crippen LogP contribution in [-0.2, 0) is 0 Å². The zero-order valence-electron chi connectivity index (χ0n) is 7.88. The molecule has 1 aromatic carbocycles. The van der Waals surface area contributed by atoms with Crippen molar-refractivity contribution in [2.45, 2.75) is 19.6 Å². The molecule has 0 aliphatic heterocycles. The Morgan fingerprint density at radius 1 is 1.40 bits per heavy atom. The summed E-state index contributed by atoms with van der Waals surface area (Å²) >= 11 is 0. The number of ether oxygens (including phenoxy) is 1. The molecule has 15 heavy (non-hydrogen) atoms. The van der Waals surface area contributed by atoms with Gasteiger partial charge in [-0.2, -0.15) is 8.78 Å². The first kappa shape index (κ1) is 11.4. The second kappa shape index (κ2) is 4.69. The van der Waals surface area contributed by atoms with Gasteiger partial charge in [0, 0.05) is 13.0 Å². The number of benzene rings is 1. The van der Waals surface area contributed by atoms with Gasteiger partial charge in [-0.3, -0.25) is 0 Å². The van der Waals surface area contributed by atoms with Crippen molar-refractivity contribution in [3.8, 4) is 5.75 Å². The zero-order chi connectivity index (χ0) is 11.4. The maximum Gasteiger partial charge on any atom is 0.387 e. The smallest absolute Gasteiger partial charge is 0.387 e. The molecule has 0 spiro atoms. The molecule has 0 aromatic heterocycles. The van der Waals surface area contributed by atoms with Crippen LogP contribution < -0.4 is 4.74 Å². The van der Waals surface area contributed by atoms with Crippen LogP contribution in [0.15, 0.2) is 18.2 Å². The Hall–Kier alpha value is -1.70. The molecule has 0 saturated carbocycles. The summed E-state index contributed by atoms with van der Waals surface area (Å²) in [5, 5.41) is 0. The fourth-order valence-corrected chi connectivity index (χ4v) is 1.09. The molecular weight excluding hydrogens is 207 g/mol. The molecule has 0 fully saturated rings. The average molecular weight is 215 g/mol. The number of alkyl halides is 2. The Morgan fingerprint density at radius 3 is 2.53 bits per heavy atom. The molecule has 80 valence electrons. The van der Waals surface area contributed by atoms with Gasteiger partial charge in [0.15, 0.2) is 0 Å². The van der Waals surface area contributed by atoms with Crippen LogP contribution in [0.1, 0.15) is 18.5 Å². The third-order valence-corrected chi connectivity index (χ3v) is 1.84. The van der Waals surface area contributed by atoms with E-state index in [0.29, 0.717) is 0 Å². The highest BCUT2D eigenvalue weighted by Crippen LogP contribution is 2.24. The normalized spacial score (nSPS) is 12.3. The first-order valence-corrected chi connectivity index (χ1v) is 4.15. The van der Waals surface area contributed by atoms with Crippen LogP contribution in [-0.4, -0.2) is 6.61 Å². The number of halogens is 3. The second-order valence-electron chi connectivity index (χ2n) is 2.87. The van der Waals surface area contributed by atoms with Gasteiger partial charge in [0.1, 0.15) is 11.6 Å². The van der Waals surface area contributed by atoms with Crippen molar-refractivity contribution in [2.24, 2.45) is 0 Å². The van der Waals surface area contributed by atoms with E-state index in [1.807, 2.05) is 0 Å². The Kier molecular flexibility index (Phi) is 3.56. The Morgan fingerprint density at radius 2 is 2.07 bits per heavy atom. The van der Waals surface area contributed by atoms with Crippen LogP contribution in [0.3, 0.4) is 0 Å². The molecule has 2 nitrogen and oxygen atoms in total. The lowest BCUT2D eigenvalue weighted by Crippen LogP contribution is -2.03. The summed E-state index contributed by atoms with van der Waals surface area (Å²) in [7, 11) is 0. The summed E-state index contributed by atoms with van der Waals surface area (Å²) in [4.78, 5) is 3.13. The lowest BCUT2D eigenvalue weighted by molar-refractivity contribution is -0.0500. The molecule has 0 heterocycles. The SMILES string of the molecule is [C-]#[N+]C(C)c1ccc(OC(F)F)cc1F. The van der Waals surface area contributed by atoms with Gasteiger partial charge in [0.05, 0.1) is 5.56 Å². The molecule has 0 radical (unpaired) electrons. The van der Waals surface area contributed by atoms with Gasteiger partial charge >= 0.3 is 6.61 Å². The maximum atomic E-state index is 13.3. The standard InChI is InChI=1S/C10H8F3NO/c1-6(14-2)8-4-3-7(5-9(8)11)15-10(12)13/h3-6,10H,1H3. The van der Waals surface area contributed by atoms with Gasteiger partial charge in [0.2, 0.25) is 6.04 Å². The highest BCUT2D eigenvalue weighted by Gasteiger charge is 2.15. The van der Waals surface area contributed by atoms with Crippen LogP contribution in [0.25, 0.3) is 4.85 Å². The topological polar surface area (TPSA) is 13.6 Å². The van der Waals surface area contributed by atoms with Crippen molar-refractivity contribution >= 4 is 0 Å². The summed E-state index contributed by atoms with van der Waals surface area (Å²) in [5.41, 5.74) is 0.173. The molecule has 0 N–H and O–H groups in total. The lowest BCUT2D eigenvalue weighted by Gasteiger charge is -2.06. The maximum absolute atomic E-state index is 13.3. The van der Waals surface area contributed by atoms with Crippen LogP contribution >= 0.6 is 0 Å². The van der Waals surface area contributed by atoms with Crippen LogP contribution in [0.5, 0.6) is 5.75 Å². The summed E-state index contributed by atoms with van der Waals surface area (Å²) < 4.78 is 40.9. The summed E-state index contributed by atoms with van der Waals surface area (Å²) in [6.45, 7) is 5.27. The van der Waals surface area contributed by atoms with Gasteiger partial charge in [-0.1, -0.05) is 0 Å². The van der Waals surface area contributed by atoms with E-state index in [-0.39, 0.29) is 11.3 Å². The second-order valence-corrected chi connectivity index (χ2v) is 2.87. The van der Waals surface area contributed by atoms with Crippen molar-refractivity contribution in [3.63, 3.8) is 0 Å². The van der Waals surface area contributed by atoms with Crippen molar-refractivity contribution in [2.75, 3.05) is 0 Å². The molecule has 0 saturated heterocycles. The van der Waals surface area contributed by atoms with Crippen molar-refractivity contribution in [3.05, 3.63) is 41.0 Å². The van der Waals surface area contributed by atoms with Crippen molar-refractivity contribution in [1.82, 2.24) is 0 Å². The third-order valence-electron chi connectivity index (χ3n) is 1.84. The minimum atomic E-state index is -2.98. The third kappa shape index (κ3) is 2.88.